The van der Waals surface area contributed by atoms with Crippen molar-refractivity contribution in [1.29, 1.82) is 0 Å². The highest BCUT2D eigenvalue weighted by molar-refractivity contribution is 8.00. The average Bonchev–Trinajstić information content (AvgIpc) is 3.52. The molecule has 2 bridgehead atoms. The first-order valence-corrected chi connectivity index (χ1v) is 12.8. The second-order valence-corrected chi connectivity index (χ2v) is 11.7. The van der Waals surface area contributed by atoms with Crippen LogP contribution in [0.1, 0.15) is 29.7 Å². The summed E-state index contributed by atoms with van der Waals surface area (Å²) < 4.78 is 5.32. The van der Waals surface area contributed by atoms with Gasteiger partial charge in [-0.05, 0) is 48.8 Å². The third-order valence-corrected chi connectivity index (χ3v) is 10.7. The van der Waals surface area contributed by atoms with Crippen molar-refractivity contribution in [1.82, 2.24) is 9.88 Å². The van der Waals surface area contributed by atoms with Crippen LogP contribution in [-0.4, -0.2) is 56.3 Å². The number of thioether (sulfide) groups is 1. The summed E-state index contributed by atoms with van der Waals surface area (Å²) in [6.07, 6.45) is 0.718. The van der Waals surface area contributed by atoms with Crippen molar-refractivity contribution in [2.45, 2.75) is 35.6 Å². The molecule has 0 spiro atoms. The summed E-state index contributed by atoms with van der Waals surface area (Å²) in [6, 6.07) is 3.95. The Hall–Kier alpha value is -2.79. The molecule has 2 aliphatic carbocycles. The average molecular weight is 503 g/mol. The van der Waals surface area contributed by atoms with Crippen LogP contribution in [0.4, 0.5) is 0 Å². The number of hydrogen-bond donors (Lipinski definition) is 3. The van der Waals surface area contributed by atoms with Gasteiger partial charge < -0.3 is 19.9 Å². The molecular formula is C23H22N2O7S2. The quantitative estimate of drug-likeness (QED) is 0.541. The number of imide groups is 1. The molecule has 3 N–H and O–H groups in total. The van der Waals surface area contributed by atoms with Crippen molar-refractivity contribution < 1.29 is 29.3 Å². The highest BCUT2D eigenvalue weighted by atomic mass is 32.2. The van der Waals surface area contributed by atoms with Crippen LogP contribution in [-0.2, 0) is 14.4 Å². The molecule has 1 aromatic carbocycles. The van der Waals surface area contributed by atoms with Gasteiger partial charge in [-0.2, -0.15) is 0 Å². The van der Waals surface area contributed by atoms with E-state index in [9.17, 15) is 29.4 Å². The molecule has 4 aliphatic rings. The zero-order valence-electron chi connectivity index (χ0n) is 18.3. The van der Waals surface area contributed by atoms with Gasteiger partial charge in [-0.3, -0.25) is 19.3 Å². The number of phenols is 1. The molecule has 3 heterocycles. The Labute approximate surface area is 202 Å². The predicted molar refractivity (Wildman–Crippen MR) is 122 cm³/mol. The highest BCUT2D eigenvalue weighted by Gasteiger charge is 2.70. The molecule has 0 radical (unpaired) electrons. The summed E-state index contributed by atoms with van der Waals surface area (Å²) >= 11 is 2.71. The van der Waals surface area contributed by atoms with Crippen molar-refractivity contribution >= 4 is 40.9 Å². The number of fused-ring (bicyclic) bond motifs is 9. The van der Waals surface area contributed by atoms with E-state index >= 15 is 0 Å². The van der Waals surface area contributed by atoms with Crippen molar-refractivity contribution in [2.24, 2.45) is 29.6 Å². The second kappa shape index (κ2) is 7.35. The normalized spacial score (nSPS) is 34.1. The van der Waals surface area contributed by atoms with Gasteiger partial charge in [0.05, 0.1) is 24.0 Å². The van der Waals surface area contributed by atoms with Gasteiger partial charge in [0.1, 0.15) is 6.04 Å². The van der Waals surface area contributed by atoms with E-state index in [1.165, 1.54) is 14.0 Å². The van der Waals surface area contributed by atoms with Gasteiger partial charge in [0.2, 0.25) is 11.8 Å². The highest BCUT2D eigenvalue weighted by Crippen LogP contribution is 2.68. The Morgan fingerprint density at radius 3 is 2.59 bits per heavy atom. The molecule has 11 heteroatoms. The number of carboxylic acids is 1. The number of aromatic amines is 1. The lowest BCUT2D eigenvalue weighted by Crippen LogP contribution is -2.44. The number of aromatic nitrogens is 1. The van der Waals surface area contributed by atoms with Crippen LogP contribution in [0.5, 0.6) is 11.5 Å². The van der Waals surface area contributed by atoms with E-state index in [1.807, 2.05) is 6.07 Å². The molecule has 9 nitrogen and oxygen atoms in total. The molecule has 2 amide bonds. The van der Waals surface area contributed by atoms with Crippen molar-refractivity contribution in [3.05, 3.63) is 38.3 Å². The number of nitrogens with one attached hydrogen (secondary N) is 1. The maximum atomic E-state index is 13.4. The van der Waals surface area contributed by atoms with Crippen LogP contribution in [0.15, 0.2) is 28.0 Å². The lowest BCUT2D eigenvalue weighted by Gasteiger charge is -2.43. The van der Waals surface area contributed by atoms with E-state index in [-0.39, 0.29) is 45.5 Å². The van der Waals surface area contributed by atoms with Crippen molar-refractivity contribution in [2.75, 3.05) is 7.11 Å². The number of amides is 2. The van der Waals surface area contributed by atoms with Crippen LogP contribution in [0, 0.1) is 29.6 Å². The minimum Gasteiger partial charge on any atom is -0.504 e. The number of methoxy groups -OCH3 is 1. The molecule has 3 fully saturated rings. The zero-order valence-corrected chi connectivity index (χ0v) is 19.9. The number of carbonyl (C=O) groups excluding carboxylic acids is 2. The number of aromatic hydroxyl groups is 1. The number of likely N-dealkylation sites (tertiary alicyclic amines) is 1. The Morgan fingerprint density at radius 2 is 1.91 bits per heavy atom. The first kappa shape index (κ1) is 21.7. The number of hydrogen-bond acceptors (Lipinski definition) is 8. The number of aliphatic carboxylic acids is 1. The molecule has 2 aromatic rings. The lowest BCUT2D eigenvalue weighted by molar-refractivity contribution is -0.154. The number of H-pyrrole nitrogens is 1. The molecular weight excluding hydrogens is 480 g/mol. The fourth-order valence-electron chi connectivity index (χ4n) is 6.79. The third-order valence-electron chi connectivity index (χ3n) is 8.07. The topological polar surface area (TPSA) is 137 Å². The summed E-state index contributed by atoms with van der Waals surface area (Å²) in [6.45, 7) is 1.37. The first-order valence-electron chi connectivity index (χ1n) is 11.1. The largest absolute Gasteiger partial charge is 0.504 e. The summed E-state index contributed by atoms with van der Waals surface area (Å²) in [7, 11) is 1.47. The van der Waals surface area contributed by atoms with Gasteiger partial charge in [-0.15, -0.1) is 11.8 Å². The Morgan fingerprint density at radius 1 is 1.21 bits per heavy atom. The van der Waals surface area contributed by atoms with Gasteiger partial charge in [0, 0.05) is 16.0 Å². The molecule has 6 rings (SSSR count). The maximum Gasteiger partial charge on any atom is 0.326 e. The van der Waals surface area contributed by atoms with Gasteiger partial charge in [0.15, 0.2) is 11.5 Å². The van der Waals surface area contributed by atoms with Crippen LogP contribution in [0.3, 0.4) is 0 Å². The van der Waals surface area contributed by atoms with Gasteiger partial charge in [-0.1, -0.05) is 17.4 Å². The van der Waals surface area contributed by atoms with Gasteiger partial charge in [0.25, 0.3) is 0 Å². The summed E-state index contributed by atoms with van der Waals surface area (Å²) in [4.78, 5) is 55.1. The van der Waals surface area contributed by atoms with Gasteiger partial charge in [-0.25, -0.2) is 4.79 Å². The predicted octanol–water partition coefficient (Wildman–Crippen LogP) is 2.10. The van der Waals surface area contributed by atoms with Crippen LogP contribution in [0.25, 0.3) is 0 Å². The van der Waals surface area contributed by atoms with E-state index in [1.54, 1.807) is 23.9 Å². The van der Waals surface area contributed by atoms with Crippen LogP contribution >= 0.6 is 23.1 Å². The number of ether oxygens (including phenoxy) is 1. The second-order valence-electron chi connectivity index (χ2n) is 9.45. The standard InChI is InChI=1S/C23H22N2O7S2/c1-7(22(29)30)25-20(27)15-9-6-10(16(15)21(25)28)17-14(9)13(18-19(33-17)24-23(31)34-18)8-3-4-11(26)12(5-8)32-2/h3-5,7,9-10,13-17,26H,6H2,1-2H3,(H,24,31)(H,29,30)/t7-,9+,10-,13-,14-,15+,16-,17+/m0/s1. The smallest absolute Gasteiger partial charge is 0.326 e. The first-order chi connectivity index (χ1) is 16.2. The minimum absolute atomic E-state index is 0.00521. The molecule has 34 heavy (non-hydrogen) atoms. The fourth-order valence-corrected chi connectivity index (χ4v) is 9.68. The number of phenolic OH excluding ortho intramolecular Hbond substituents is 1. The number of thiazole rings is 1. The zero-order chi connectivity index (χ0) is 24.0. The van der Waals surface area contributed by atoms with E-state index in [0.717, 1.165) is 38.1 Å². The Bertz CT molecular complexity index is 1300. The molecule has 1 aromatic heterocycles. The third kappa shape index (κ3) is 2.73. The minimum atomic E-state index is -1.20. The van der Waals surface area contributed by atoms with E-state index in [2.05, 4.69) is 4.98 Å². The lowest BCUT2D eigenvalue weighted by atomic mass is 9.68. The Kier molecular flexibility index (Phi) is 4.70. The molecule has 2 aliphatic heterocycles. The van der Waals surface area contributed by atoms with Crippen molar-refractivity contribution in [3.63, 3.8) is 0 Å². The van der Waals surface area contributed by atoms with Crippen LogP contribution < -0.4 is 9.61 Å². The number of carboxylic acid groups (broad SMARTS) is 1. The monoisotopic (exact) mass is 502 g/mol. The summed E-state index contributed by atoms with van der Waals surface area (Å²) in [5.74, 6) is -3.10. The SMILES string of the molecule is COc1cc([C@@H]2c3sc(=O)[nH]c3S[C@@H]3[C@H]4C[C@@H]([C@H]5C(=O)N([C@@H](C)C(=O)O)C(=O)[C@@H]45)[C@@H]23)ccc1O. The molecule has 8 atom stereocenters. The molecule has 178 valence electrons. The van der Waals surface area contributed by atoms with E-state index in [0.29, 0.717) is 5.75 Å². The van der Waals surface area contributed by atoms with E-state index < -0.39 is 29.8 Å². The molecule has 1 saturated heterocycles. The fraction of sp³-hybridized carbons (Fsp3) is 0.478. The summed E-state index contributed by atoms with van der Waals surface area (Å²) in [5.41, 5.74) is 0.873. The van der Waals surface area contributed by atoms with E-state index in [4.69, 9.17) is 4.74 Å². The number of nitrogens with zero attached hydrogens (tertiary/aromatic N) is 1. The number of rotatable bonds is 4. The maximum absolute atomic E-state index is 13.4. The number of benzene rings is 1. The molecule has 2 saturated carbocycles. The Balaban J connectivity index is 1.46. The van der Waals surface area contributed by atoms with Gasteiger partial charge >= 0.3 is 10.8 Å². The number of carbonyl (C=O) groups is 3. The summed E-state index contributed by atoms with van der Waals surface area (Å²) in [5, 5.41) is 20.4. The molecule has 0 unspecified atom stereocenters. The van der Waals surface area contributed by atoms with Crippen LogP contribution in [0.2, 0.25) is 0 Å². The van der Waals surface area contributed by atoms with Crippen molar-refractivity contribution in [3.8, 4) is 11.5 Å².